The molecule has 1 amide bonds. The van der Waals surface area contributed by atoms with Gasteiger partial charge in [-0.2, -0.15) is 13.2 Å². The van der Waals surface area contributed by atoms with Crippen molar-refractivity contribution in [1.29, 1.82) is 0 Å². The van der Waals surface area contributed by atoms with Crippen molar-refractivity contribution in [3.8, 4) is 0 Å². The number of carbonyl (C=O) groups excluding carboxylic acids is 1. The summed E-state index contributed by atoms with van der Waals surface area (Å²) in [6, 6.07) is 5.19. The predicted octanol–water partition coefficient (Wildman–Crippen LogP) is 5.28. The van der Waals surface area contributed by atoms with Crippen LogP contribution in [0, 0.1) is 5.92 Å². The van der Waals surface area contributed by atoms with Crippen molar-refractivity contribution in [2.75, 3.05) is 13.2 Å². The van der Waals surface area contributed by atoms with E-state index in [-0.39, 0.29) is 12.5 Å². The molecule has 0 spiro atoms. The number of alkyl halides is 3. The Morgan fingerprint density at radius 3 is 2.70 bits per heavy atom. The fraction of sp³-hybridized carbons (Fsp3) is 0.476. The summed E-state index contributed by atoms with van der Waals surface area (Å²) >= 11 is 0. The summed E-state index contributed by atoms with van der Waals surface area (Å²) in [5.41, 5.74) is -0.134. The Bertz CT molecular complexity index is 622. The van der Waals surface area contributed by atoms with Gasteiger partial charge in [0, 0.05) is 19.2 Å². The molecule has 1 aromatic carbocycles. The summed E-state index contributed by atoms with van der Waals surface area (Å²) in [7, 11) is 0. The summed E-state index contributed by atoms with van der Waals surface area (Å²) in [6.45, 7) is 5.40. The van der Waals surface area contributed by atoms with Crippen LogP contribution in [0.2, 0.25) is 0 Å². The van der Waals surface area contributed by atoms with Gasteiger partial charge in [-0.05, 0) is 42.9 Å². The molecular formula is C21H28F3NO2. The summed E-state index contributed by atoms with van der Waals surface area (Å²) in [5, 5.41) is 2.79. The predicted molar refractivity (Wildman–Crippen MR) is 101 cm³/mol. The molecule has 0 aliphatic heterocycles. The van der Waals surface area contributed by atoms with Gasteiger partial charge in [0.2, 0.25) is 5.91 Å². The maximum absolute atomic E-state index is 12.6. The quantitative estimate of drug-likeness (QED) is 0.321. The Hall–Kier alpha value is -2.08. The molecular weight excluding hydrogens is 355 g/mol. The van der Waals surface area contributed by atoms with Crippen molar-refractivity contribution in [2.24, 2.45) is 5.92 Å². The maximum Gasteiger partial charge on any atom is 0.416 e. The lowest BCUT2D eigenvalue weighted by Gasteiger charge is -2.09. The van der Waals surface area contributed by atoms with Crippen molar-refractivity contribution < 1.29 is 22.7 Å². The molecule has 0 heterocycles. The van der Waals surface area contributed by atoms with Crippen LogP contribution >= 0.6 is 0 Å². The molecule has 1 aromatic rings. The molecule has 0 atom stereocenters. The Morgan fingerprint density at radius 2 is 2.00 bits per heavy atom. The molecule has 0 aliphatic rings. The van der Waals surface area contributed by atoms with Gasteiger partial charge >= 0.3 is 6.18 Å². The lowest BCUT2D eigenvalue weighted by molar-refractivity contribution is -0.137. The smallest absolute Gasteiger partial charge is 0.377 e. The normalized spacial score (nSPS) is 12.4. The van der Waals surface area contributed by atoms with E-state index in [4.69, 9.17) is 4.74 Å². The first kappa shape index (κ1) is 23.0. The zero-order valence-electron chi connectivity index (χ0n) is 15.9. The molecule has 0 bridgehead atoms. The third-order valence-corrected chi connectivity index (χ3v) is 3.61. The van der Waals surface area contributed by atoms with Crippen molar-refractivity contribution in [3.63, 3.8) is 0 Å². The third kappa shape index (κ3) is 11.3. The summed E-state index contributed by atoms with van der Waals surface area (Å²) in [4.78, 5) is 11.4. The van der Waals surface area contributed by atoms with Crippen molar-refractivity contribution >= 4 is 5.91 Å². The third-order valence-electron chi connectivity index (χ3n) is 3.61. The fourth-order valence-electron chi connectivity index (χ4n) is 2.18. The van der Waals surface area contributed by atoms with Crippen LogP contribution in [0.15, 0.2) is 48.6 Å². The highest BCUT2D eigenvalue weighted by Crippen LogP contribution is 2.29. The molecule has 150 valence electrons. The Kier molecular flexibility index (Phi) is 10.5. The number of halogens is 3. The molecule has 0 unspecified atom stereocenters. The zero-order chi connectivity index (χ0) is 20.1. The van der Waals surface area contributed by atoms with Crippen molar-refractivity contribution in [3.05, 3.63) is 59.7 Å². The van der Waals surface area contributed by atoms with Crippen LogP contribution in [0.1, 0.15) is 44.2 Å². The molecule has 0 saturated heterocycles. The van der Waals surface area contributed by atoms with Gasteiger partial charge in [0.05, 0.1) is 12.2 Å². The number of ether oxygens (including phenoxy) is 1. The van der Waals surface area contributed by atoms with Gasteiger partial charge in [0.1, 0.15) is 0 Å². The highest BCUT2D eigenvalue weighted by molar-refractivity contribution is 5.87. The van der Waals surface area contributed by atoms with E-state index in [1.165, 1.54) is 12.1 Å². The molecule has 6 heteroatoms. The van der Waals surface area contributed by atoms with Crippen LogP contribution in [-0.2, 0) is 22.3 Å². The van der Waals surface area contributed by atoms with E-state index in [0.29, 0.717) is 24.6 Å². The number of nitrogens with one attached hydrogen (secondary N) is 1. The second-order valence-electron chi connectivity index (χ2n) is 6.67. The monoisotopic (exact) mass is 383 g/mol. The van der Waals surface area contributed by atoms with E-state index < -0.39 is 11.7 Å². The van der Waals surface area contributed by atoms with E-state index in [9.17, 15) is 18.0 Å². The van der Waals surface area contributed by atoms with Crippen molar-refractivity contribution in [2.45, 2.75) is 45.9 Å². The average Bonchev–Trinajstić information content (AvgIpc) is 2.61. The van der Waals surface area contributed by atoms with Gasteiger partial charge < -0.3 is 10.1 Å². The van der Waals surface area contributed by atoms with E-state index in [1.54, 1.807) is 12.1 Å². The molecule has 1 N–H and O–H groups in total. The van der Waals surface area contributed by atoms with Crippen LogP contribution in [0.4, 0.5) is 13.2 Å². The number of amides is 1. The fourth-order valence-corrected chi connectivity index (χ4v) is 2.18. The van der Waals surface area contributed by atoms with E-state index >= 15 is 0 Å². The van der Waals surface area contributed by atoms with Gasteiger partial charge in [0.25, 0.3) is 0 Å². The molecule has 0 radical (unpaired) electrons. The van der Waals surface area contributed by atoms with Crippen LogP contribution in [-0.4, -0.2) is 19.1 Å². The largest absolute Gasteiger partial charge is 0.416 e. The lowest BCUT2D eigenvalue weighted by Crippen LogP contribution is -2.25. The summed E-state index contributed by atoms with van der Waals surface area (Å²) in [5.74, 6) is 0.324. The van der Waals surface area contributed by atoms with Gasteiger partial charge in [-0.3, -0.25) is 4.79 Å². The van der Waals surface area contributed by atoms with Crippen LogP contribution < -0.4 is 5.32 Å². The molecule has 0 aliphatic carbocycles. The molecule has 0 fully saturated rings. The standard InChI is InChI=1S/C21H28F3NO2/c1-17(2)15-25-20(26)12-7-5-3-4-6-8-13-27-16-18-10-9-11-19(14-18)21(22,23)24/h3,5,7,9-12,14,17H,4,6,8,13,15-16H2,1-2H3,(H,25,26)/b5-3+,12-7+. The van der Waals surface area contributed by atoms with E-state index in [0.717, 1.165) is 31.4 Å². The number of hydrogen-bond acceptors (Lipinski definition) is 2. The lowest BCUT2D eigenvalue weighted by atomic mass is 10.1. The minimum absolute atomic E-state index is 0.101. The number of hydrogen-bond donors (Lipinski definition) is 1. The average molecular weight is 383 g/mol. The van der Waals surface area contributed by atoms with Gasteiger partial charge in [-0.25, -0.2) is 0 Å². The molecule has 3 nitrogen and oxygen atoms in total. The molecule has 0 saturated carbocycles. The van der Waals surface area contributed by atoms with Crippen molar-refractivity contribution in [1.82, 2.24) is 5.32 Å². The van der Waals surface area contributed by atoms with E-state index in [2.05, 4.69) is 5.32 Å². The second-order valence-corrected chi connectivity index (χ2v) is 6.67. The molecule has 1 rings (SSSR count). The summed E-state index contributed by atoms with van der Waals surface area (Å²) in [6.07, 6.45) is 5.26. The van der Waals surface area contributed by atoms with Crippen LogP contribution in [0.25, 0.3) is 0 Å². The second kappa shape index (κ2) is 12.3. The summed E-state index contributed by atoms with van der Waals surface area (Å²) < 4.78 is 43.3. The minimum Gasteiger partial charge on any atom is -0.377 e. The first-order chi connectivity index (χ1) is 12.8. The Labute approximate surface area is 159 Å². The van der Waals surface area contributed by atoms with E-state index in [1.807, 2.05) is 26.0 Å². The molecule has 27 heavy (non-hydrogen) atoms. The number of benzene rings is 1. The van der Waals surface area contributed by atoms with Crippen LogP contribution in [0.3, 0.4) is 0 Å². The number of carbonyl (C=O) groups is 1. The van der Waals surface area contributed by atoms with Gasteiger partial charge in [-0.15, -0.1) is 0 Å². The zero-order valence-corrected chi connectivity index (χ0v) is 15.9. The van der Waals surface area contributed by atoms with Gasteiger partial charge in [-0.1, -0.05) is 44.2 Å². The molecule has 0 aromatic heterocycles. The number of allylic oxidation sites excluding steroid dienone is 3. The topological polar surface area (TPSA) is 38.3 Å². The van der Waals surface area contributed by atoms with Gasteiger partial charge in [0.15, 0.2) is 0 Å². The highest BCUT2D eigenvalue weighted by atomic mass is 19.4. The van der Waals surface area contributed by atoms with Crippen LogP contribution in [0.5, 0.6) is 0 Å². The Morgan fingerprint density at radius 1 is 1.22 bits per heavy atom. The Balaban J connectivity index is 2.12. The number of rotatable bonds is 11. The maximum atomic E-state index is 12.6. The SMILES string of the molecule is CC(C)CNC(=O)/C=C/C=C/CCCCOCc1cccc(C(F)(F)F)c1. The first-order valence-electron chi connectivity index (χ1n) is 9.14. The highest BCUT2D eigenvalue weighted by Gasteiger charge is 2.30. The first-order valence-corrected chi connectivity index (χ1v) is 9.14. The minimum atomic E-state index is -4.33. The number of unbranched alkanes of at least 4 members (excludes halogenated alkanes) is 2.